The molecule has 0 aromatic rings. The van der Waals surface area contributed by atoms with Gasteiger partial charge in [-0.2, -0.15) is 0 Å². The molecule has 5 unspecified atom stereocenters. The van der Waals surface area contributed by atoms with Crippen molar-refractivity contribution in [3.05, 3.63) is 207 Å². The molecule has 0 aliphatic carbocycles. The maximum Gasteiger partial charge on any atom is 0.472 e. The number of carbonyl (C=O) groups excluding carboxylic acids is 3. The molecule has 0 saturated heterocycles. The van der Waals surface area contributed by atoms with Gasteiger partial charge < -0.3 is 34.2 Å². The molecule has 0 rings (SSSR count). The fourth-order valence-corrected chi connectivity index (χ4v) is 15.8. The minimum atomic E-state index is -4.95. The monoisotopic (exact) mass is 1870 g/mol. The molecule has 18 heteroatoms. The molecule has 0 aromatic heterocycles. The summed E-state index contributed by atoms with van der Waals surface area (Å²) in [6, 6.07) is 0. The minimum absolute atomic E-state index is 0.0975. The Kier molecular flexibility index (Phi) is 98.4. The fourth-order valence-electron chi connectivity index (χ4n) is 14.2. The van der Waals surface area contributed by atoms with E-state index in [-0.39, 0.29) is 19.3 Å². The lowest BCUT2D eigenvalue weighted by Gasteiger charge is -2.21. The summed E-state index contributed by atoms with van der Waals surface area (Å²) in [5.74, 6) is -1.57. The van der Waals surface area contributed by atoms with Gasteiger partial charge in [0.15, 0.2) is 6.10 Å². The molecule has 0 aliphatic rings. The van der Waals surface area contributed by atoms with E-state index in [4.69, 9.17) is 32.3 Å². The van der Waals surface area contributed by atoms with Crippen LogP contribution in [0.25, 0.3) is 0 Å². The summed E-state index contributed by atoms with van der Waals surface area (Å²) in [5.41, 5.74) is 0. The SMILES string of the molecule is CC/C=C\C/C=C\C/C=C\C/C=C\C/C=C\C/C=C\CCCCCCCCCCCCCCCCCCC(=O)OCC(O)COP(=O)(O)OCC(O)COP(=O)(O)OCC(COC(=O)CCCCCCCCCCCCCC/C=C\C/C=C\C/C=C\C/C=C\C/C=C\C/C=C\CC)OC(=O)CCCCCCCCCCCCCCC/C=C\C/C=C\C/C=C\C/C=C\C/C=C\CC. The van der Waals surface area contributed by atoms with Crippen molar-refractivity contribution in [2.75, 3.05) is 39.6 Å². The Morgan fingerprint density at radius 1 is 0.214 bits per heavy atom. The first-order chi connectivity index (χ1) is 64.2. The van der Waals surface area contributed by atoms with Gasteiger partial charge in [-0.15, -0.1) is 0 Å². The number of hydrogen-bond acceptors (Lipinski definition) is 14. The average Bonchev–Trinajstić information content (AvgIpc) is 0.896. The molecule has 16 nitrogen and oxygen atoms in total. The van der Waals surface area contributed by atoms with E-state index < -0.39 is 91.5 Å². The summed E-state index contributed by atoms with van der Waals surface area (Å²) < 4.78 is 61.8. The van der Waals surface area contributed by atoms with Crippen LogP contribution in [-0.2, 0) is 55.8 Å². The Balaban J connectivity index is 4.61. The third kappa shape index (κ3) is 104. The quantitative estimate of drug-likeness (QED) is 0.0146. The number of esters is 3. The minimum Gasteiger partial charge on any atom is -0.463 e. The molecule has 0 amide bonds. The summed E-state index contributed by atoms with van der Waals surface area (Å²) in [5, 5.41) is 20.8. The molecule has 4 N–H and O–H groups in total. The zero-order valence-corrected chi connectivity index (χ0v) is 84.7. The van der Waals surface area contributed by atoms with Gasteiger partial charge in [0.1, 0.15) is 25.4 Å². The van der Waals surface area contributed by atoms with Crippen molar-refractivity contribution in [2.24, 2.45) is 0 Å². The second-order valence-corrected chi connectivity index (χ2v) is 37.5. The third-order valence-electron chi connectivity index (χ3n) is 22.0. The highest BCUT2D eigenvalue weighted by Gasteiger charge is 2.30. The highest BCUT2D eigenvalue weighted by atomic mass is 31.2. The Labute approximate surface area is 800 Å². The van der Waals surface area contributed by atoms with Crippen molar-refractivity contribution >= 4 is 33.6 Å². The molecule has 0 fully saturated rings. The van der Waals surface area contributed by atoms with Gasteiger partial charge in [0.2, 0.25) is 0 Å². The van der Waals surface area contributed by atoms with Crippen LogP contribution < -0.4 is 0 Å². The molecule has 0 aromatic carbocycles. The zero-order valence-electron chi connectivity index (χ0n) is 82.9. The van der Waals surface area contributed by atoms with E-state index in [0.717, 1.165) is 193 Å². The number of phosphoric ester groups is 2. The Morgan fingerprint density at radius 2 is 0.382 bits per heavy atom. The highest BCUT2D eigenvalue weighted by Crippen LogP contribution is 2.45. The lowest BCUT2D eigenvalue weighted by atomic mass is 10.0. The van der Waals surface area contributed by atoms with Gasteiger partial charge in [-0.05, 0) is 167 Å². The molecule has 0 spiro atoms. The van der Waals surface area contributed by atoms with Crippen LogP contribution in [0.4, 0.5) is 0 Å². The molecular formula is C113H190O16P2. The second kappa shape index (κ2) is 103. The van der Waals surface area contributed by atoms with Crippen LogP contribution in [0.3, 0.4) is 0 Å². The van der Waals surface area contributed by atoms with Gasteiger partial charge in [-0.25, -0.2) is 9.13 Å². The van der Waals surface area contributed by atoms with E-state index in [0.29, 0.717) is 19.3 Å². The molecule has 0 aliphatic heterocycles. The lowest BCUT2D eigenvalue weighted by molar-refractivity contribution is -0.161. The molecular weight excluding hydrogens is 1680 g/mol. The predicted octanol–water partition coefficient (Wildman–Crippen LogP) is 33.5. The topological polar surface area (TPSA) is 231 Å². The molecule has 131 heavy (non-hydrogen) atoms. The first-order valence-electron chi connectivity index (χ1n) is 52.4. The number of phosphoric acid groups is 2. The second-order valence-electron chi connectivity index (χ2n) is 34.6. The standard InChI is InChI=1S/C113H190O16P2/c1-4-7-10-13-16-19-22-25-28-31-34-37-40-43-46-49-51-52-53-54-56-59-60-63-66-69-72-75-78-81-84-87-90-93-96-99-111(116)123-102-108(114)103-125-130(119,120)126-104-109(115)105-127-131(121,122)128-107-110(129-113(118)101-98-95-92-89-86-83-80-77-74-71-68-65-62-57-48-45-42-39-36-33-30-27-24-21-18-15-12-9-6-3)106-124-112(117)100-97-94-91-88-85-82-79-76-73-70-67-64-61-58-55-50-47-44-41-38-35-32-29-26-23-20-17-14-11-8-5-2/h7-12,16-21,25-30,34-39,43-48,51-52,55,58,108-110,114-115H,4-6,13-15,22-24,31-33,40-42,49-50,53-54,56-57,59-107H2,1-3H3,(H,119,120)(H,121,122)/b10-7-,11-8-,12-9-,19-16-,20-17-,21-18-,28-25-,29-26-,30-27-,37-34-,38-35-,39-36-,46-43-,47-44-,48-45-,52-51-,58-55-. The van der Waals surface area contributed by atoms with Crippen molar-refractivity contribution in [3.8, 4) is 0 Å². The van der Waals surface area contributed by atoms with Crippen LogP contribution in [0.2, 0.25) is 0 Å². The Hall–Kier alpha value is -5.87. The summed E-state index contributed by atoms with van der Waals surface area (Å²) >= 11 is 0. The summed E-state index contributed by atoms with van der Waals surface area (Å²) in [6.07, 6.45) is 140. The maximum absolute atomic E-state index is 13.1. The van der Waals surface area contributed by atoms with E-state index >= 15 is 0 Å². The lowest BCUT2D eigenvalue weighted by Crippen LogP contribution is -2.30. The Bertz CT molecular complexity index is 3210. The fraction of sp³-hybridized carbons (Fsp3) is 0.673. The van der Waals surface area contributed by atoms with Gasteiger partial charge in [-0.1, -0.05) is 452 Å². The summed E-state index contributed by atoms with van der Waals surface area (Å²) in [7, 11) is -9.83. The summed E-state index contributed by atoms with van der Waals surface area (Å²) in [4.78, 5) is 59.3. The molecule has 748 valence electrons. The van der Waals surface area contributed by atoms with Gasteiger partial charge in [0.05, 0.1) is 26.4 Å². The number of allylic oxidation sites excluding steroid dienone is 34. The van der Waals surface area contributed by atoms with Crippen LogP contribution in [0.5, 0.6) is 0 Å². The smallest absolute Gasteiger partial charge is 0.463 e. The van der Waals surface area contributed by atoms with Crippen LogP contribution in [0.1, 0.15) is 432 Å². The van der Waals surface area contributed by atoms with Gasteiger partial charge in [0, 0.05) is 19.3 Å². The molecule has 0 saturated carbocycles. The van der Waals surface area contributed by atoms with E-state index in [1.807, 2.05) is 0 Å². The van der Waals surface area contributed by atoms with Gasteiger partial charge in [-0.3, -0.25) is 32.5 Å². The van der Waals surface area contributed by atoms with Gasteiger partial charge >= 0.3 is 33.6 Å². The van der Waals surface area contributed by atoms with E-state index in [1.165, 1.54) is 180 Å². The molecule has 5 atom stereocenters. The predicted molar refractivity (Wildman–Crippen MR) is 555 cm³/mol. The van der Waals surface area contributed by atoms with E-state index in [1.54, 1.807) is 0 Å². The van der Waals surface area contributed by atoms with Crippen molar-refractivity contribution in [2.45, 2.75) is 450 Å². The van der Waals surface area contributed by atoms with Crippen molar-refractivity contribution < 1.29 is 75.8 Å². The number of ether oxygens (including phenoxy) is 3. The normalized spacial score (nSPS) is 14.5. The molecule has 0 heterocycles. The van der Waals surface area contributed by atoms with Gasteiger partial charge in [0.25, 0.3) is 0 Å². The first kappa shape index (κ1) is 125. The average molecular weight is 1870 g/mol. The van der Waals surface area contributed by atoms with Crippen molar-refractivity contribution in [1.82, 2.24) is 0 Å². The van der Waals surface area contributed by atoms with E-state index in [9.17, 15) is 43.5 Å². The third-order valence-corrected chi connectivity index (χ3v) is 23.9. The summed E-state index contributed by atoms with van der Waals surface area (Å²) in [6.45, 7) is 2.40. The van der Waals surface area contributed by atoms with Crippen LogP contribution >= 0.6 is 15.6 Å². The largest absolute Gasteiger partial charge is 0.472 e. The zero-order chi connectivity index (χ0) is 95.0. The number of hydrogen-bond donors (Lipinski definition) is 4. The van der Waals surface area contributed by atoms with Crippen molar-refractivity contribution in [1.29, 1.82) is 0 Å². The Morgan fingerprint density at radius 3 is 0.603 bits per heavy atom. The van der Waals surface area contributed by atoms with Crippen molar-refractivity contribution in [3.63, 3.8) is 0 Å². The number of aliphatic hydroxyl groups excluding tert-OH is 2. The number of aliphatic hydroxyl groups is 2. The molecule has 0 radical (unpaired) electrons. The number of unbranched alkanes of at least 4 members (excludes halogenated alkanes) is 41. The van der Waals surface area contributed by atoms with Crippen LogP contribution in [0, 0.1) is 0 Å². The maximum atomic E-state index is 13.1. The van der Waals surface area contributed by atoms with E-state index in [2.05, 4.69) is 227 Å². The number of carbonyl (C=O) groups is 3. The van der Waals surface area contributed by atoms with Crippen LogP contribution in [0.15, 0.2) is 207 Å². The van der Waals surface area contributed by atoms with Crippen LogP contribution in [-0.4, -0.2) is 95.9 Å². The number of rotatable bonds is 98. The first-order valence-corrected chi connectivity index (χ1v) is 55.4. The highest BCUT2D eigenvalue weighted by molar-refractivity contribution is 7.47. The molecule has 0 bridgehead atoms.